The molecule has 0 aromatic heterocycles. The number of azo groups is 1. The van der Waals surface area contributed by atoms with Crippen LogP contribution in [0.5, 0.6) is 11.5 Å². The van der Waals surface area contributed by atoms with Gasteiger partial charge < -0.3 is 14.8 Å². The number of hydrogen-bond acceptors (Lipinski definition) is 6. The number of benzene rings is 3. The Morgan fingerprint density at radius 2 is 1.43 bits per heavy atom. The van der Waals surface area contributed by atoms with Gasteiger partial charge in [-0.05, 0) is 36.4 Å². The Kier molecular flexibility index (Phi) is 7.10. The van der Waals surface area contributed by atoms with Crippen LogP contribution in [0.1, 0.15) is 0 Å². The Morgan fingerprint density at radius 3 is 2.17 bits per heavy atom. The molecule has 0 fully saturated rings. The highest BCUT2D eigenvalue weighted by Gasteiger charge is 2.13. The van der Waals surface area contributed by atoms with E-state index in [9.17, 15) is 4.79 Å². The second kappa shape index (κ2) is 10.4. The molecule has 3 aromatic carbocycles. The number of carbonyl (C=O) groups is 1. The van der Waals surface area contributed by atoms with Crippen molar-refractivity contribution in [2.24, 2.45) is 15.3 Å². The third kappa shape index (κ3) is 5.41. The fourth-order valence-corrected chi connectivity index (χ4v) is 2.49. The smallest absolute Gasteiger partial charge is 0.297 e. The first-order chi connectivity index (χ1) is 14.7. The van der Waals surface area contributed by atoms with Crippen LogP contribution in [0.15, 0.2) is 94.2 Å². The molecule has 2 N–H and O–H groups in total. The summed E-state index contributed by atoms with van der Waals surface area (Å²) in [6.45, 7) is 0. The highest BCUT2D eigenvalue weighted by atomic mass is 16.5. The van der Waals surface area contributed by atoms with E-state index in [0.29, 0.717) is 28.6 Å². The van der Waals surface area contributed by atoms with E-state index < -0.39 is 5.91 Å². The summed E-state index contributed by atoms with van der Waals surface area (Å²) in [7, 11) is 3.09. The van der Waals surface area contributed by atoms with Crippen molar-refractivity contribution < 1.29 is 14.3 Å². The maximum Gasteiger partial charge on any atom is 0.297 e. The Labute approximate surface area is 174 Å². The summed E-state index contributed by atoms with van der Waals surface area (Å²) in [5, 5.41) is 15.1. The molecule has 0 saturated heterocycles. The predicted molar refractivity (Wildman–Crippen MR) is 117 cm³/mol. The SMILES string of the molecule is COc1ccccc1N=N/C(=N\Nc1ccccc1OC)C(=O)Nc1ccccc1. The Morgan fingerprint density at radius 1 is 0.800 bits per heavy atom. The van der Waals surface area contributed by atoms with Gasteiger partial charge in [-0.2, -0.15) is 0 Å². The molecular weight excluding hydrogens is 382 g/mol. The molecular formula is C22H21N5O3. The van der Waals surface area contributed by atoms with E-state index in [-0.39, 0.29) is 5.84 Å². The van der Waals surface area contributed by atoms with Gasteiger partial charge in [-0.25, -0.2) is 0 Å². The molecule has 0 spiro atoms. The molecule has 0 heterocycles. The number of carbonyl (C=O) groups excluding carboxylic acids is 1. The van der Waals surface area contributed by atoms with Gasteiger partial charge in [0.25, 0.3) is 11.7 Å². The molecule has 8 nitrogen and oxygen atoms in total. The molecule has 8 heteroatoms. The number of anilines is 2. The highest BCUT2D eigenvalue weighted by Crippen LogP contribution is 2.27. The largest absolute Gasteiger partial charge is 0.495 e. The van der Waals surface area contributed by atoms with Crippen molar-refractivity contribution in [2.75, 3.05) is 25.0 Å². The van der Waals surface area contributed by atoms with Gasteiger partial charge >= 0.3 is 0 Å². The molecule has 0 saturated carbocycles. The van der Waals surface area contributed by atoms with E-state index in [4.69, 9.17) is 9.47 Å². The van der Waals surface area contributed by atoms with Gasteiger partial charge in [-0.3, -0.25) is 10.2 Å². The molecule has 3 rings (SSSR count). The number of amidine groups is 1. The molecule has 0 aliphatic rings. The minimum atomic E-state index is -0.526. The third-order valence-corrected chi connectivity index (χ3v) is 3.96. The number of nitrogens with one attached hydrogen (secondary N) is 2. The summed E-state index contributed by atoms with van der Waals surface area (Å²) in [5.74, 6) is 0.408. The molecule has 0 aliphatic heterocycles. The average Bonchev–Trinajstić information content (AvgIpc) is 2.80. The average molecular weight is 403 g/mol. The first-order valence-corrected chi connectivity index (χ1v) is 9.09. The second-order valence-electron chi connectivity index (χ2n) is 5.94. The summed E-state index contributed by atoms with van der Waals surface area (Å²) in [6, 6.07) is 23.3. The van der Waals surface area contributed by atoms with Crippen molar-refractivity contribution in [2.45, 2.75) is 0 Å². The van der Waals surface area contributed by atoms with Crippen LogP contribution in [-0.4, -0.2) is 26.0 Å². The van der Waals surface area contributed by atoms with Gasteiger partial charge in [0, 0.05) is 5.69 Å². The zero-order valence-corrected chi connectivity index (χ0v) is 16.6. The van der Waals surface area contributed by atoms with Crippen molar-refractivity contribution in [3.8, 4) is 11.5 Å². The van der Waals surface area contributed by atoms with Crippen LogP contribution < -0.4 is 20.2 Å². The van der Waals surface area contributed by atoms with Gasteiger partial charge in [0.05, 0.1) is 19.9 Å². The van der Waals surface area contributed by atoms with Gasteiger partial charge in [-0.15, -0.1) is 15.3 Å². The van der Waals surface area contributed by atoms with Crippen LogP contribution in [0.3, 0.4) is 0 Å². The molecule has 0 unspecified atom stereocenters. The van der Waals surface area contributed by atoms with Gasteiger partial charge in [0.15, 0.2) is 0 Å². The van der Waals surface area contributed by atoms with Gasteiger partial charge in [0.2, 0.25) is 0 Å². The van der Waals surface area contributed by atoms with E-state index in [1.807, 2.05) is 36.4 Å². The quantitative estimate of drug-likeness (QED) is 0.266. The van der Waals surface area contributed by atoms with Gasteiger partial charge in [0.1, 0.15) is 17.2 Å². The Balaban J connectivity index is 1.89. The lowest BCUT2D eigenvalue weighted by Gasteiger charge is -2.08. The lowest BCUT2D eigenvalue weighted by Crippen LogP contribution is -2.22. The molecule has 0 atom stereocenters. The first kappa shape index (κ1) is 20.5. The zero-order valence-electron chi connectivity index (χ0n) is 16.6. The van der Waals surface area contributed by atoms with Crippen LogP contribution in [0.4, 0.5) is 17.1 Å². The number of amides is 1. The van der Waals surface area contributed by atoms with Crippen LogP contribution in [0.2, 0.25) is 0 Å². The van der Waals surface area contributed by atoms with E-state index in [0.717, 1.165) is 0 Å². The second-order valence-corrected chi connectivity index (χ2v) is 5.94. The Hall–Kier alpha value is -4.20. The maximum absolute atomic E-state index is 12.8. The molecule has 0 radical (unpaired) electrons. The number of rotatable bonds is 6. The topological polar surface area (TPSA) is 96.7 Å². The maximum atomic E-state index is 12.8. The van der Waals surface area contributed by atoms with E-state index in [1.165, 1.54) is 7.11 Å². The van der Waals surface area contributed by atoms with Crippen molar-refractivity contribution in [1.29, 1.82) is 0 Å². The number of para-hydroxylation sites is 4. The van der Waals surface area contributed by atoms with Crippen molar-refractivity contribution >= 4 is 28.8 Å². The van der Waals surface area contributed by atoms with E-state index in [1.54, 1.807) is 49.6 Å². The number of hydrazone groups is 1. The summed E-state index contributed by atoms with van der Waals surface area (Å²) in [6.07, 6.45) is 0. The molecule has 0 bridgehead atoms. The lowest BCUT2D eigenvalue weighted by atomic mass is 10.3. The van der Waals surface area contributed by atoms with Crippen molar-refractivity contribution in [3.63, 3.8) is 0 Å². The molecule has 3 aromatic rings. The van der Waals surface area contributed by atoms with Crippen molar-refractivity contribution in [3.05, 3.63) is 78.9 Å². The minimum Gasteiger partial charge on any atom is -0.495 e. The molecule has 152 valence electrons. The summed E-state index contributed by atoms with van der Waals surface area (Å²) in [5.41, 5.74) is 4.47. The summed E-state index contributed by atoms with van der Waals surface area (Å²) >= 11 is 0. The standard InChI is InChI=1S/C22H21N5O3/c1-29-19-14-8-6-12-17(19)24-26-21(22(28)23-16-10-4-3-5-11-16)27-25-18-13-7-9-15-20(18)30-2/h3-15,24H,1-2H3,(H,23,28)/b26-21-,27-25?. The first-order valence-electron chi connectivity index (χ1n) is 9.09. The number of ether oxygens (including phenoxy) is 2. The molecule has 1 amide bonds. The Bertz CT molecular complexity index is 1050. The van der Waals surface area contributed by atoms with Crippen molar-refractivity contribution in [1.82, 2.24) is 0 Å². The molecule has 0 aliphatic carbocycles. The summed E-state index contributed by atoms with van der Waals surface area (Å²) < 4.78 is 10.6. The van der Waals surface area contributed by atoms with Crippen LogP contribution in [0.25, 0.3) is 0 Å². The third-order valence-electron chi connectivity index (χ3n) is 3.96. The summed E-state index contributed by atoms with van der Waals surface area (Å²) in [4.78, 5) is 12.8. The highest BCUT2D eigenvalue weighted by molar-refractivity contribution is 6.42. The molecule has 30 heavy (non-hydrogen) atoms. The van der Waals surface area contributed by atoms with Crippen LogP contribution in [0, 0.1) is 0 Å². The lowest BCUT2D eigenvalue weighted by molar-refractivity contribution is -0.110. The van der Waals surface area contributed by atoms with Crippen LogP contribution >= 0.6 is 0 Å². The van der Waals surface area contributed by atoms with Gasteiger partial charge in [-0.1, -0.05) is 42.5 Å². The normalized spacial score (nSPS) is 11.2. The monoisotopic (exact) mass is 403 g/mol. The predicted octanol–water partition coefficient (Wildman–Crippen LogP) is 4.85. The fourth-order valence-electron chi connectivity index (χ4n) is 2.49. The minimum absolute atomic E-state index is 0.171. The fraction of sp³-hybridized carbons (Fsp3) is 0.0909. The van der Waals surface area contributed by atoms with E-state index in [2.05, 4.69) is 26.1 Å². The number of methoxy groups -OCH3 is 2. The number of nitrogens with zero attached hydrogens (tertiary/aromatic N) is 3. The van der Waals surface area contributed by atoms with Crippen LogP contribution in [-0.2, 0) is 4.79 Å². The zero-order chi connectivity index (χ0) is 21.2. The number of hydrogen-bond donors (Lipinski definition) is 2. The van der Waals surface area contributed by atoms with E-state index >= 15 is 0 Å².